The van der Waals surface area contributed by atoms with E-state index in [1.807, 2.05) is 54.6 Å². The Morgan fingerprint density at radius 2 is 1.62 bits per heavy atom. The highest BCUT2D eigenvalue weighted by Crippen LogP contribution is 2.35. The molecule has 1 heterocycles. The third-order valence-corrected chi connectivity index (χ3v) is 6.09. The largest absolute Gasteiger partial charge is 0.348 e. The van der Waals surface area contributed by atoms with Gasteiger partial charge in [0.1, 0.15) is 4.88 Å². The molecule has 0 radical (unpaired) electrons. The summed E-state index contributed by atoms with van der Waals surface area (Å²) in [6.45, 7) is 0.438. The molecular weight excluding hydrogens is 404 g/mol. The maximum atomic E-state index is 12.7. The van der Waals surface area contributed by atoms with Crippen molar-refractivity contribution in [1.82, 2.24) is 5.32 Å². The molecule has 1 aromatic heterocycles. The summed E-state index contributed by atoms with van der Waals surface area (Å²) in [6.07, 6.45) is 0. The monoisotopic (exact) mass is 420 g/mol. The Hall–Kier alpha value is -3.15. The van der Waals surface area contributed by atoms with E-state index in [2.05, 4.69) is 10.6 Å². The van der Waals surface area contributed by atoms with Crippen LogP contribution in [0.2, 0.25) is 5.02 Å². The third-order valence-electron chi connectivity index (χ3n) is 4.42. The Balaban J connectivity index is 1.47. The van der Waals surface area contributed by atoms with Crippen LogP contribution in [-0.2, 0) is 6.54 Å². The number of rotatable bonds is 5. The topological polar surface area (TPSA) is 58.2 Å². The van der Waals surface area contributed by atoms with E-state index >= 15 is 0 Å². The molecule has 2 amide bonds. The van der Waals surface area contributed by atoms with Crippen LogP contribution in [0.5, 0.6) is 0 Å². The van der Waals surface area contributed by atoms with E-state index in [1.54, 1.807) is 24.3 Å². The quantitative estimate of drug-likeness (QED) is 0.432. The molecule has 0 saturated heterocycles. The van der Waals surface area contributed by atoms with E-state index in [1.165, 1.54) is 11.3 Å². The van der Waals surface area contributed by atoms with Gasteiger partial charge in [-0.05, 0) is 29.8 Å². The highest BCUT2D eigenvalue weighted by molar-refractivity contribution is 7.21. The van der Waals surface area contributed by atoms with E-state index in [0.29, 0.717) is 27.7 Å². The summed E-state index contributed by atoms with van der Waals surface area (Å²) in [5, 5.41) is 7.02. The lowest BCUT2D eigenvalue weighted by Gasteiger charge is -2.08. The van der Waals surface area contributed by atoms with Gasteiger partial charge in [0.25, 0.3) is 11.8 Å². The first kappa shape index (κ1) is 19.2. The summed E-state index contributed by atoms with van der Waals surface area (Å²) in [4.78, 5) is 25.6. The van der Waals surface area contributed by atoms with Gasteiger partial charge in [-0.3, -0.25) is 9.59 Å². The molecule has 0 fully saturated rings. The fraction of sp³-hybridized carbons (Fsp3) is 0.0435. The average molecular weight is 421 g/mol. The van der Waals surface area contributed by atoms with Crippen molar-refractivity contribution in [2.75, 3.05) is 5.32 Å². The molecule has 4 aromatic rings. The standard InChI is InChI=1S/C23H17ClN2O2S/c24-20-18-11-4-5-12-19(18)29-21(20)23(28)26-17-10-6-9-16(13-17)22(27)25-14-15-7-2-1-3-8-15/h1-13H,14H2,(H,25,27)(H,26,28). The van der Waals surface area contributed by atoms with E-state index in [0.717, 1.165) is 15.6 Å². The van der Waals surface area contributed by atoms with Crippen LogP contribution in [0.3, 0.4) is 0 Å². The van der Waals surface area contributed by atoms with Crippen LogP contribution in [0.1, 0.15) is 25.6 Å². The number of nitrogens with one attached hydrogen (secondary N) is 2. The van der Waals surface area contributed by atoms with Gasteiger partial charge in [0.2, 0.25) is 0 Å². The average Bonchev–Trinajstić information content (AvgIpc) is 3.10. The molecule has 144 valence electrons. The molecule has 2 N–H and O–H groups in total. The molecule has 0 unspecified atom stereocenters. The number of hydrogen-bond acceptors (Lipinski definition) is 3. The minimum atomic E-state index is -0.293. The number of carbonyl (C=O) groups is 2. The summed E-state index contributed by atoms with van der Waals surface area (Å²) >= 11 is 7.73. The summed E-state index contributed by atoms with van der Waals surface area (Å²) in [5.74, 6) is -0.497. The predicted molar refractivity (Wildman–Crippen MR) is 119 cm³/mol. The molecule has 0 saturated carbocycles. The summed E-state index contributed by atoms with van der Waals surface area (Å²) in [6, 6.07) is 24.2. The lowest BCUT2D eigenvalue weighted by Crippen LogP contribution is -2.23. The molecule has 0 bridgehead atoms. The smallest absolute Gasteiger partial charge is 0.267 e. The summed E-state index contributed by atoms with van der Waals surface area (Å²) in [7, 11) is 0. The first-order valence-electron chi connectivity index (χ1n) is 9.02. The van der Waals surface area contributed by atoms with Crippen LogP contribution < -0.4 is 10.6 Å². The normalized spacial score (nSPS) is 10.7. The minimum Gasteiger partial charge on any atom is -0.348 e. The van der Waals surface area contributed by atoms with Crippen molar-refractivity contribution >= 4 is 50.5 Å². The molecule has 0 atom stereocenters. The van der Waals surface area contributed by atoms with Gasteiger partial charge in [-0.15, -0.1) is 11.3 Å². The predicted octanol–water partition coefficient (Wildman–Crippen LogP) is 5.74. The third kappa shape index (κ3) is 4.31. The van der Waals surface area contributed by atoms with Gasteiger partial charge in [-0.2, -0.15) is 0 Å². The highest BCUT2D eigenvalue weighted by atomic mass is 35.5. The second-order valence-electron chi connectivity index (χ2n) is 6.44. The molecule has 0 aliphatic rings. The number of halogens is 1. The molecule has 4 rings (SSSR count). The van der Waals surface area contributed by atoms with E-state index in [9.17, 15) is 9.59 Å². The molecule has 0 aliphatic heterocycles. The van der Waals surface area contributed by atoms with Gasteiger partial charge in [-0.1, -0.05) is 66.2 Å². The van der Waals surface area contributed by atoms with Crippen molar-refractivity contribution in [2.45, 2.75) is 6.54 Å². The zero-order chi connectivity index (χ0) is 20.2. The van der Waals surface area contributed by atoms with Gasteiger partial charge in [0.05, 0.1) is 5.02 Å². The second-order valence-corrected chi connectivity index (χ2v) is 7.87. The number of amides is 2. The van der Waals surface area contributed by atoms with Crippen molar-refractivity contribution in [3.05, 3.63) is 99.9 Å². The lowest BCUT2D eigenvalue weighted by molar-refractivity contribution is 0.0949. The van der Waals surface area contributed by atoms with Gasteiger partial charge < -0.3 is 10.6 Å². The summed E-state index contributed by atoms with van der Waals surface area (Å²) in [5.41, 5.74) is 2.03. The molecule has 29 heavy (non-hydrogen) atoms. The molecule has 4 nitrogen and oxygen atoms in total. The molecule has 0 aliphatic carbocycles. The van der Waals surface area contributed by atoms with Crippen molar-refractivity contribution < 1.29 is 9.59 Å². The number of carbonyl (C=O) groups excluding carboxylic acids is 2. The minimum absolute atomic E-state index is 0.204. The number of thiophene rings is 1. The van der Waals surface area contributed by atoms with E-state index < -0.39 is 0 Å². The van der Waals surface area contributed by atoms with Crippen molar-refractivity contribution in [3.8, 4) is 0 Å². The SMILES string of the molecule is O=C(NCc1ccccc1)c1cccc(NC(=O)c2sc3ccccc3c2Cl)c1. The van der Waals surface area contributed by atoms with Gasteiger partial charge in [0.15, 0.2) is 0 Å². The van der Waals surface area contributed by atoms with Crippen molar-refractivity contribution in [2.24, 2.45) is 0 Å². The van der Waals surface area contributed by atoms with Crippen LogP contribution in [0.4, 0.5) is 5.69 Å². The summed E-state index contributed by atoms with van der Waals surface area (Å²) < 4.78 is 0.955. The Labute approximate surface area is 177 Å². The maximum Gasteiger partial charge on any atom is 0.267 e. The maximum absolute atomic E-state index is 12.7. The fourth-order valence-electron chi connectivity index (χ4n) is 2.97. The van der Waals surface area contributed by atoms with Crippen LogP contribution in [0, 0.1) is 0 Å². The van der Waals surface area contributed by atoms with Gasteiger partial charge in [0, 0.05) is 27.9 Å². The Morgan fingerprint density at radius 3 is 2.41 bits per heavy atom. The van der Waals surface area contributed by atoms with E-state index in [4.69, 9.17) is 11.6 Å². The fourth-order valence-corrected chi connectivity index (χ4v) is 4.38. The van der Waals surface area contributed by atoms with Gasteiger partial charge in [-0.25, -0.2) is 0 Å². The molecule has 0 spiro atoms. The van der Waals surface area contributed by atoms with Crippen LogP contribution in [-0.4, -0.2) is 11.8 Å². The van der Waals surface area contributed by atoms with E-state index in [-0.39, 0.29) is 11.8 Å². The highest BCUT2D eigenvalue weighted by Gasteiger charge is 2.17. The van der Waals surface area contributed by atoms with Crippen LogP contribution in [0.15, 0.2) is 78.9 Å². The Bertz CT molecular complexity index is 1190. The second kappa shape index (κ2) is 8.47. The van der Waals surface area contributed by atoms with Crippen LogP contribution >= 0.6 is 22.9 Å². The lowest BCUT2D eigenvalue weighted by atomic mass is 10.1. The molecule has 6 heteroatoms. The van der Waals surface area contributed by atoms with Crippen molar-refractivity contribution in [3.63, 3.8) is 0 Å². The van der Waals surface area contributed by atoms with Crippen LogP contribution in [0.25, 0.3) is 10.1 Å². The molecule has 3 aromatic carbocycles. The zero-order valence-corrected chi connectivity index (χ0v) is 16.9. The number of fused-ring (bicyclic) bond motifs is 1. The first-order valence-corrected chi connectivity index (χ1v) is 10.2. The Morgan fingerprint density at radius 1 is 0.862 bits per heavy atom. The number of benzene rings is 3. The number of anilines is 1. The Kier molecular flexibility index (Phi) is 5.60. The first-order chi connectivity index (χ1) is 14.1. The van der Waals surface area contributed by atoms with Crippen molar-refractivity contribution in [1.29, 1.82) is 0 Å². The molecular formula is C23H17ClN2O2S. The zero-order valence-electron chi connectivity index (χ0n) is 15.3. The van der Waals surface area contributed by atoms with Gasteiger partial charge >= 0.3 is 0 Å². The number of hydrogen-bond donors (Lipinski definition) is 2.